The molecule has 1 aliphatic heterocycles. The van der Waals surface area contributed by atoms with Crippen LogP contribution in [0.5, 0.6) is 5.75 Å². The van der Waals surface area contributed by atoms with E-state index >= 15 is 0 Å². The molecule has 2 N–H and O–H groups in total. The quantitative estimate of drug-likeness (QED) is 0.830. The summed E-state index contributed by atoms with van der Waals surface area (Å²) in [6.07, 6.45) is 3.38. The van der Waals surface area contributed by atoms with E-state index in [9.17, 15) is 4.79 Å². The van der Waals surface area contributed by atoms with Gasteiger partial charge in [0.1, 0.15) is 5.75 Å². The van der Waals surface area contributed by atoms with Gasteiger partial charge in [-0.05, 0) is 56.7 Å². The number of nitrogens with one attached hydrogen (secondary N) is 2. The molecule has 1 aromatic heterocycles. The fourth-order valence-corrected chi connectivity index (χ4v) is 3.28. The highest BCUT2D eigenvalue weighted by Gasteiger charge is 2.23. The third-order valence-electron chi connectivity index (χ3n) is 4.72. The predicted octanol–water partition coefficient (Wildman–Crippen LogP) is 2.72. The van der Waals surface area contributed by atoms with Gasteiger partial charge in [0, 0.05) is 18.2 Å². The smallest absolute Gasteiger partial charge is 0.223 e. The summed E-state index contributed by atoms with van der Waals surface area (Å²) in [5, 5.41) is 10.3. The van der Waals surface area contributed by atoms with E-state index < -0.39 is 0 Å². The van der Waals surface area contributed by atoms with Gasteiger partial charge in [-0.1, -0.05) is 18.2 Å². The van der Waals surface area contributed by atoms with E-state index in [4.69, 9.17) is 4.74 Å². The summed E-state index contributed by atoms with van der Waals surface area (Å²) in [4.78, 5) is 12.5. The summed E-state index contributed by atoms with van der Waals surface area (Å²) >= 11 is 0. The molecule has 1 aliphatic rings. The van der Waals surface area contributed by atoms with Crippen molar-refractivity contribution in [2.45, 2.75) is 39.5 Å². The maximum atomic E-state index is 12.5. The normalized spacial score (nSPS) is 16.8. The summed E-state index contributed by atoms with van der Waals surface area (Å²) in [5.74, 6) is 1.04. The van der Waals surface area contributed by atoms with E-state index in [1.165, 1.54) is 5.56 Å². The van der Waals surface area contributed by atoms with E-state index in [0.29, 0.717) is 13.2 Å². The zero-order chi connectivity index (χ0) is 16.9. The lowest BCUT2D eigenvalue weighted by Gasteiger charge is -2.14. The number of aromatic amines is 1. The van der Waals surface area contributed by atoms with E-state index in [1.807, 2.05) is 38.1 Å². The Morgan fingerprint density at radius 1 is 1.38 bits per heavy atom. The van der Waals surface area contributed by atoms with Gasteiger partial charge in [-0.3, -0.25) is 9.89 Å². The van der Waals surface area contributed by atoms with E-state index in [0.717, 1.165) is 48.4 Å². The van der Waals surface area contributed by atoms with Crippen molar-refractivity contribution in [2.75, 3.05) is 13.2 Å². The molecule has 0 saturated heterocycles. The van der Waals surface area contributed by atoms with Crippen LogP contribution in [0.25, 0.3) is 0 Å². The second kappa shape index (κ2) is 7.51. The molecule has 24 heavy (non-hydrogen) atoms. The highest BCUT2D eigenvalue weighted by Crippen LogP contribution is 2.26. The number of para-hydroxylation sites is 1. The lowest BCUT2D eigenvalue weighted by Crippen LogP contribution is -2.33. The van der Waals surface area contributed by atoms with Gasteiger partial charge in [0.15, 0.2) is 0 Å². The van der Waals surface area contributed by atoms with Gasteiger partial charge < -0.3 is 10.1 Å². The second-order valence-corrected chi connectivity index (χ2v) is 6.45. The number of aromatic nitrogens is 2. The molecule has 0 radical (unpaired) electrons. The van der Waals surface area contributed by atoms with Crippen LogP contribution in [-0.4, -0.2) is 29.3 Å². The van der Waals surface area contributed by atoms with Crippen molar-refractivity contribution in [2.24, 2.45) is 5.92 Å². The standard InChI is InChI=1S/C19H25N3O2/c1-13-17(14(2)22-21-13)7-5-10-20-19(23)16-9-11-24-18-8-4-3-6-15(18)12-16/h3-4,6,8,16H,5,7,9-12H2,1-2H3,(H,20,23)(H,21,22). The lowest BCUT2D eigenvalue weighted by molar-refractivity contribution is -0.125. The maximum absolute atomic E-state index is 12.5. The molecule has 128 valence electrons. The largest absolute Gasteiger partial charge is 0.493 e. The topological polar surface area (TPSA) is 67.0 Å². The molecule has 2 aromatic rings. The molecule has 1 amide bonds. The Balaban J connectivity index is 1.49. The first-order valence-corrected chi connectivity index (χ1v) is 8.64. The average molecular weight is 327 g/mol. The van der Waals surface area contributed by atoms with Crippen molar-refractivity contribution in [3.63, 3.8) is 0 Å². The number of carbonyl (C=O) groups is 1. The van der Waals surface area contributed by atoms with Crippen LogP contribution in [0.1, 0.15) is 35.4 Å². The molecule has 5 heteroatoms. The summed E-state index contributed by atoms with van der Waals surface area (Å²) in [7, 11) is 0. The Hall–Kier alpha value is -2.30. The van der Waals surface area contributed by atoms with Crippen LogP contribution >= 0.6 is 0 Å². The van der Waals surface area contributed by atoms with Crippen molar-refractivity contribution in [3.05, 3.63) is 46.8 Å². The molecule has 1 unspecified atom stereocenters. The molecule has 1 atom stereocenters. The second-order valence-electron chi connectivity index (χ2n) is 6.45. The predicted molar refractivity (Wildman–Crippen MR) is 93.1 cm³/mol. The molecule has 3 rings (SSSR count). The van der Waals surface area contributed by atoms with Crippen molar-refractivity contribution >= 4 is 5.91 Å². The molecule has 0 aliphatic carbocycles. The summed E-state index contributed by atoms with van der Waals surface area (Å²) in [6, 6.07) is 7.99. The summed E-state index contributed by atoms with van der Waals surface area (Å²) in [5.41, 5.74) is 4.56. The van der Waals surface area contributed by atoms with Crippen molar-refractivity contribution in [1.82, 2.24) is 15.5 Å². The fourth-order valence-electron chi connectivity index (χ4n) is 3.28. The fraction of sp³-hybridized carbons (Fsp3) is 0.474. The Kier molecular flexibility index (Phi) is 5.18. The van der Waals surface area contributed by atoms with Crippen LogP contribution in [0.4, 0.5) is 0 Å². The number of nitrogens with zero attached hydrogens (tertiary/aromatic N) is 1. The first-order valence-electron chi connectivity index (χ1n) is 8.64. The highest BCUT2D eigenvalue weighted by molar-refractivity contribution is 5.79. The number of amides is 1. The van der Waals surface area contributed by atoms with Crippen molar-refractivity contribution in [3.8, 4) is 5.75 Å². The van der Waals surface area contributed by atoms with Gasteiger partial charge in [0.2, 0.25) is 5.91 Å². The minimum Gasteiger partial charge on any atom is -0.493 e. The van der Waals surface area contributed by atoms with Gasteiger partial charge in [-0.2, -0.15) is 5.10 Å². The summed E-state index contributed by atoms with van der Waals surface area (Å²) < 4.78 is 5.74. The average Bonchev–Trinajstić information content (AvgIpc) is 2.79. The van der Waals surface area contributed by atoms with Crippen LogP contribution < -0.4 is 10.1 Å². The van der Waals surface area contributed by atoms with Crippen molar-refractivity contribution in [1.29, 1.82) is 0 Å². The Bertz CT molecular complexity index is 689. The minimum absolute atomic E-state index is 0.00829. The maximum Gasteiger partial charge on any atom is 0.223 e. The number of H-pyrrole nitrogens is 1. The Morgan fingerprint density at radius 2 is 2.21 bits per heavy atom. The van der Waals surface area contributed by atoms with Crippen LogP contribution in [0.3, 0.4) is 0 Å². The highest BCUT2D eigenvalue weighted by atomic mass is 16.5. The number of aryl methyl sites for hydroxylation is 2. The summed E-state index contributed by atoms with van der Waals surface area (Å²) in [6.45, 7) is 5.35. The van der Waals surface area contributed by atoms with E-state index in [1.54, 1.807) is 0 Å². The SMILES string of the molecule is Cc1n[nH]c(C)c1CCCNC(=O)C1CCOc2ccccc2C1. The molecule has 0 bridgehead atoms. The molecule has 1 aromatic carbocycles. The van der Waals surface area contributed by atoms with E-state index in [2.05, 4.69) is 15.5 Å². The molecular weight excluding hydrogens is 302 g/mol. The number of hydrogen-bond donors (Lipinski definition) is 2. The first kappa shape index (κ1) is 16.6. The van der Waals surface area contributed by atoms with Gasteiger partial charge >= 0.3 is 0 Å². The number of hydrogen-bond acceptors (Lipinski definition) is 3. The molecule has 0 saturated carbocycles. The molecular formula is C19H25N3O2. The van der Waals surface area contributed by atoms with Crippen molar-refractivity contribution < 1.29 is 9.53 Å². The molecule has 0 fully saturated rings. The van der Waals surface area contributed by atoms with Gasteiger partial charge in [0.05, 0.1) is 12.3 Å². The Labute approximate surface area is 142 Å². The number of ether oxygens (including phenoxy) is 1. The number of benzene rings is 1. The zero-order valence-corrected chi connectivity index (χ0v) is 14.4. The van der Waals surface area contributed by atoms with Crippen LogP contribution in [0.2, 0.25) is 0 Å². The Morgan fingerprint density at radius 3 is 3.00 bits per heavy atom. The first-order chi connectivity index (χ1) is 11.6. The van der Waals surface area contributed by atoms with Crippen LogP contribution in [0, 0.1) is 19.8 Å². The van der Waals surface area contributed by atoms with Gasteiger partial charge in [0.25, 0.3) is 0 Å². The molecule has 5 nitrogen and oxygen atoms in total. The number of carbonyl (C=O) groups excluding carboxylic acids is 1. The van der Waals surface area contributed by atoms with Crippen LogP contribution in [0.15, 0.2) is 24.3 Å². The van der Waals surface area contributed by atoms with Gasteiger partial charge in [-0.25, -0.2) is 0 Å². The zero-order valence-electron chi connectivity index (χ0n) is 14.4. The monoisotopic (exact) mass is 327 g/mol. The number of rotatable bonds is 5. The third kappa shape index (κ3) is 3.78. The number of fused-ring (bicyclic) bond motifs is 1. The third-order valence-corrected chi connectivity index (χ3v) is 4.72. The van der Waals surface area contributed by atoms with Crippen LogP contribution in [-0.2, 0) is 17.6 Å². The molecule has 2 heterocycles. The van der Waals surface area contributed by atoms with E-state index in [-0.39, 0.29) is 11.8 Å². The lowest BCUT2D eigenvalue weighted by atomic mass is 9.96. The van der Waals surface area contributed by atoms with Gasteiger partial charge in [-0.15, -0.1) is 0 Å². The molecule has 0 spiro atoms. The minimum atomic E-state index is -0.00829.